The highest BCUT2D eigenvalue weighted by molar-refractivity contribution is 9.10. The van der Waals surface area contributed by atoms with E-state index in [-0.39, 0.29) is 18.3 Å². The number of carbonyl (C=O) groups is 1. The van der Waals surface area contributed by atoms with E-state index in [0.29, 0.717) is 17.4 Å². The number of carbonyl (C=O) groups excluding carboxylic acids is 1. The van der Waals surface area contributed by atoms with Crippen molar-refractivity contribution in [2.75, 3.05) is 13.2 Å². The molecule has 0 aliphatic carbocycles. The number of rotatable bonds is 5. The van der Waals surface area contributed by atoms with E-state index >= 15 is 0 Å². The number of alkyl carbamates (subject to hydrolysis) is 1. The lowest BCUT2D eigenvalue weighted by Gasteiger charge is -2.21. The maximum absolute atomic E-state index is 13.2. The van der Waals surface area contributed by atoms with Gasteiger partial charge in [0.25, 0.3) is 0 Å². The van der Waals surface area contributed by atoms with Crippen LogP contribution in [0.5, 0.6) is 0 Å². The van der Waals surface area contributed by atoms with Crippen LogP contribution in [0.3, 0.4) is 0 Å². The second-order valence-electron chi connectivity index (χ2n) is 5.88. The highest BCUT2D eigenvalue weighted by Crippen LogP contribution is 2.19. The van der Waals surface area contributed by atoms with Gasteiger partial charge in [0.1, 0.15) is 11.4 Å². The molecule has 0 saturated carbocycles. The SMILES string of the molecule is CC(C)(C)OC(=O)NC[C@H](CO)Cc1ccc(F)c(Br)c1. The summed E-state index contributed by atoms with van der Waals surface area (Å²) in [6.07, 6.45) is 0.0202. The molecule has 0 fully saturated rings. The predicted molar refractivity (Wildman–Crippen MR) is 82.6 cm³/mol. The van der Waals surface area contributed by atoms with Gasteiger partial charge in [-0.3, -0.25) is 0 Å². The molecule has 0 unspecified atom stereocenters. The third-order valence-corrected chi connectivity index (χ3v) is 3.31. The zero-order valence-electron chi connectivity index (χ0n) is 12.5. The predicted octanol–water partition coefficient (Wildman–Crippen LogP) is 3.26. The summed E-state index contributed by atoms with van der Waals surface area (Å²) in [7, 11) is 0. The van der Waals surface area contributed by atoms with Crippen LogP contribution in [-0.4, -0.2) is 30.0 Å². The van der Waals surface area contributed by atoms with Crippen molar-refractivity contribution in [1.82, 2.24) is 5.32 Å². The van der Waals surface area contributed by atoms with E-state index in [2.05, 4.69) is 21.2 Å². The minimum Gasteiger partial charge on any atom is -0.444 e. The molecular weight excluding hydrogens is 341 g/mol. The molecule has 0 aliphatic heterocycles. The van der Waals surface area contributed by atoms with Gasteiger partial charge in [0.05, 0.1) is 4.47 Å². The van der Waals surface area contributed by atoms with E-state index in [1.807, 2.05) is 0 Å². The number of nitrogens with one attached hydrogen (secondary N) is 1. The third-order valence-electron chi connectivity index (χ3n) is 2.70. The molecule has 0 spiro atoms. The minimum absolute atomic E-state index is 0.0786. The lowest BCUT2D eigenvalue weighted by molar-refractivity contribution is 0.0512. The van der Waals surface area contributed by atoms with Crippen LogP contribution in [0.1, 0.15) is 26.3 Å². The van der Waals surface area contributed by atoms with E-state index in [9.17, 15) is 14.3 Å². The summed E-state index contributed by atoms with van der Waals surface area (Å²) in [6.45, 7) is 5.57. The molecule has 0 bridgehead atoms. The first-order valence-electron chi connectivity index (χ1n) is 6.73. The maximum atomic E-state index is 13.2. The molecule has 6 heteroatoms. The highest BCUT2D eigenvalue weighted by Gasteiger charge is 2.17. The monoisotopic (exact) mass is 361 g/mol. The van der Waals surface area contributed by atoms with Crippen LogP contribution in [0.2, 0.25) is 0 Å². The van der Waals surface area contributed by atoms with Crippen LogP contribution >= 0.6 is 15.9 Å². The smallest absolute Gasteiger partial charge is 0.407 e. The van der Waals surface area contributed by atoms with E-state index in [0.717, 1.165) is 5.56 Å². The first kappa shape index (κ1) is 17.9. The fourth-order valence-electron chi connectivity index (χ4n) is 1.74. The van der Waals surface area contributed by atoms with Crippen molar-refractivity contribution in [3.05, 3.63) is 34.1 Å². The van der Waals surface area contributed by atoms with Gasteiger partial charge in [0.2, 0.25) is 0 Å². The summed E-state index contributed by atoms with van der Waals surface area (Å²) in [5.74, 6) is -0.485. The molecule has 1 amide bonds. The zero-order valence-corrected chi connectivity index (χ0v) is 14.0. The lowest BCUT2D eigenvalue weighted by atomic mass is 10.00. The summed E-state index contributed by atoms with van der Waals surface area (Å²) >= 11 is 3.13. The van der Waals surface area contributed by atoms with Gasteiger partial charge in [-0.1, -0.05) is 6.07 Å². The van der Waals surface area contributed by atoms with Crippen molar-refractivity contribution < 1.29 is 19.0 Å². The summed E-state index contributed by atoms with van der Waals surface area (Å²) < 4.78 is 18.7. The Hall–Kier alpha value is -1.14. The quantitative estimate of drug-likeness (QED) is 0.845. The average molecular weight is 362 g/mol. The van der Waals surface area contributed by atoms with Crippen molar-refractivity contribution in [3.63, 3.8) is 0 Å². The van der Waals surface area contributed by atoms with Crippen LogP contribution in [0.4, 0.5) is 9.18 Å². The maximum Gasteiger partial charge on any atom is 0.407 e. The molecule has 0 heterocycles. The Morgan fingerprint density at radius 1 is 1.48 bits per heavy atom. The molecule has 2 N–H and O–H groups in total. The number of ether oxygens (including phenoxy) is 1. The molecule has 0 aromatic heterocycles. The Balaban J connectivity index is 2.51. The van der Waals surface area contributed by atoms with Crippen LogP contribution in [0.15, 0.2) is 22.7 Å². The van der Waals surface area contributed by atoms with E-state index < -0.39 is 11.7 Å². The molecule has 1 atom stereocenters. The van der Waals surface area contributed by atoms with Crippen molar-refractivity contribution >= 4 is 22.0 Å². The minimum atomic E-state index is -0.555. The van der Waals surface area contributed by atoms with Crippen LogP contribution in [-0.2, 0) is 11.2 Å². The van der Waals surface area contributed by atoms with E-state index in [4.69, 9.17) is 4.74 Å². The number of benzene rings is 1. The Bertz CT molecular complexity index is 488. The van der Waals surface area contributed by atoms with Crippen LogP contribution in [0, 0.1) is 11.7 Å². The zero-order chi connectivity index (χ0) is 16.0. The summed E-state index contributed by atoms with van der Waals surface area (Å²) in [5.41, 5.74) is 0.328. The topological polar surface area (TPSA) is 58.6 Å². The van der Waals surface area contributed by atoms with Crippen molar-refractivity contribution in [3.8, 4) is 0 Å². The van der Waals surface area contributed by atoms with Gasteiger partial charge < -0.3 is 15.2 Å². The van der Waals surface area contributed by atoms with Gasteiger partial charge in [-0.25, -0.2) is 9.18 Å². The van der Waals surface area contributed by atoms with Crippen molar-refractivity contribution in [1.29, 1.82) is 0 Å². The molecule has 0 radical (unpaired) electrons. The standard InChI is InChI=1S/C15H21BrFNO3/c1-15(2,3)21-14(20)18-8-11(9-19)6-10-4-5-13(17)12(16)7-10/h4-5,7,11,19H,6,8-9H2,1-3H3,(H,18,20)/t11-/m1/s1. The molecule has 118 valence electrons. The molecule has 21 heavy (non-hydrogen) atoms. The molecule has 1 aromatic rings. The molecule has 4 nitrogen and oxygen atoms in total. The Labute approximate surface area is 132 Å². The molecule has 0 aliphatic rings. The Morgan fingerprint density at radius 2 is 2.14 bits per heavy atom. The summed E-state index contributed by atoms with van der Waals surface area (Å²) in [6, 6.07) is 4.71. The molecule has 0 saturated heterocycles. The van der Waals surface area contributed by atoms with Gasteiger partial charge in [-0.05, 0) is 60.8 Å². The van der Waals surface area contributed by atoms with Gasteiger partial charge in [0.15, 0.2) is 0 Å². The fraction of sp³-hybridized carbons (Fsp3) is 0.533. The fourth-order valence-corrected chi connectivity index (χ4v) is 2.17. The number of amides is 1. The first-order chi connectivity index (χ1) is 9.71. The van der Waals surface area contributed by atoms with E-state index in [1.165, 1.54) is 6.07 Å². The Kier molecular flexibility index (Phi) is 6.61. The van der Waals surface area contributed by atoms with E-state index in [1.54, 1.807) is 32.9 Å². The van der Waals surface area contributed by atoms with Gasteiger partial charge in [0, 0.05) is 19.1 Å². The number of hydrogen-bond donors (Lipinski definition) is 2. The van der Waals surface area contributed by atoms with Gasteiger partial charge in [-0.15, -0.1) is 0 Å². The average Bonchev–Trinajstić information content (AvgIpc) is 2.36. The van der Waals surface area contributed by atoms with Gasteiger partial charge in [-0.2, -0.15) is 0 Å². The van der Waals surface area contributed by atoms with Crippen LogP contribution in [0.25, 0.3) is 0 Å². The normalized spacial score (nSPS) is 12.9. The highest BCUT2D eigenvalue weighted by atomic mass is 79.9. The second-order valence-corrected chi connectivity index (χ2v) is 6.74. The first-order valence-corrected chi connectivity index (χ1v) is 7.52. The largest absolute Gasteiger partial charge is 0.444 e. The number of aliphatic hydroxyl groups excluding tert-OH is 1. The van der Waals surface area contributed by atoms with Gasteiger partial charge >= 0.3 is 6.09 Å². The molecule has 1 aromatic carbocycles. The van der Waals surface area contributed by atoms with Crippen molar-refractivity contribution in [2.24, 2.45) is 5.92 Å². The molecular formula is C15H21BrFNO3. The van der Waals surface area contributed by atoms with Crippen LogP contribution < -0.4 is 5.32 Å². The second kappa shape index (κ2) is 7.75. The Morgan fingerprint density at radius 3 is 2.67 bits per heavy atom. The number of aliphatic hydroxyl groups is 1. The summed E-state index contributed by atoms with van der Waals surface area (Å²) in [4.78, 5) is 11.6. The lowest BCUT2D eigenvalue weighted by Crippen LogP contribution is -2.36. The van der Waals surface area contributed by atoms with Crippen molar-refractivity contribution in [2.45, 2.75) is 32.8 Å². The number of hydrogen-bond acceptors (Lipinski definition) is 3. The molecule has 1 rings (SSSR count). The third kappa shape index (κ3) is 6.91. The summed E-state index contributed by atoms with van der Waals surface area (Å²) in [5, 5.41) is 12.0. The number of halogens is 2.